The number of aryl methyl sites for hydroxylation is 1. The second-order valence-electron chi connectivity index (χ2n) is 9.61. The van der Waals surface area contributed by atoms with Crippen LogP contribution >= 0.6 is 23.4 Å². The Morgan fingerprint density at radius 1 is 0.800 bits per heavy atom. The standard InChI is InChI=1S/C34H32ClN3O6S/c1-21-13-14-24(35)17-27(21)37-32(39)20-45-26-12-8-11-25(18-26)36-34(41)28(38-33(40)22-9-6-5-7-10-22)15-23-16-30(43-3)31(44-4)19-29(23)42-2/h5-19H,20H2,1-4H3,(H,36,41)(H,37,39)(H,38,40)/b28-15+. The Morgan fingerprint density at radius 2 is 1.51 bits per heavy atom. The molecule has 0 radical (unpaired) electrons. The quantitative estimate of drug-likeness (QED) is 0.114. The Labute approximate surface area is 270 Å². The third-order valence-electron chi connectivity index (χ3n) is 6.50. The van der Waals surface area contributed by atoms with E-state index in [2.05, 4.69) is 16.0 Å². The first kappa shape index (κ1) is 33.0. The zero-order valence-corrected chi connectivity index (χ0v) is 26.7. The van der Waals surface area contributed by atoms with Gasteiger partial charge in [0.1, 0.15) is 11.4 Å². The van der Waals surface area contributed by atoms with E-state index in [4.69, 9.17) is 25.8 Å². The zero-order chi connectivity index (χ0) is 32.3. The third kappa shape index (κ3) is 9.04. The number of rotatable bonds is 12. The zero-order valence-electron chi connectivity index (χ0n) is 25.1. The Bertz CT molecular complexity index is 1730. The molecule has 0 aliphatic heterocycles. The number of ether oxygens (including phenoxy) is 3. The minimum atomic E-state index is -0.576. The van der Waals surface area contributed by atoms with Crippen molar-refractivity contribution in [2.75, 3.05) is 37.7 Å². The minimum Gasteiger partial charge on any atom is -0.496 e. The van der Waals surface area contributed by atoms with Crippen molar-refractivity contribution in [3.63, 3.8) is 0 Å². The molecule has 4 aromatic rings. The van der Waals surface area contributed by atoms with E-state index in [1.807, 2.05) is 19.1 Å². The monoisotopic (exact) mass is 645 g/mol. The van der Waals surface area contributed by atoms with Crippen LogP contribution in [0.3, 0.4) is 0 Å². The smallest absolute Gasteiger partial charge is 0.272 e. The topological polar surface area (TPSA) is 115 Å². The number of halogens is 1. The first-order valence-corrected chi connectivity index (χ1v) is 15.1. The number of anilines is 2. The maximum absolute atomic E-state index is 13.6. The van der Waals surface area contributed by atoms with Crippen LogP contribution in [-0.4, -0.2) is 44.8 Å². The van der Waals surface area contributed by atoms with E-state index in [-0.39, 0.29) is 17.4 Å². The van der Waals surface area contributed by atoms with Gasteiger partial charge in [0.2, 0.25) is 5.91 Å². The maximum atomic E-state index is 13.6. The minimum absolute atomic E-state index is 0.0382. The molecule has 0 unspecified atom stereocenters. The molecule has 232 valence electrons. The van der Waals surface area contributed by atoms with Crippen LogP contribution in [0.5, 0.6) is 17.2 Å². The fourth-order valence-electron chi connectivity index (χ4n) is 4.19. The summed E-state index contributed by atoms with van der Waals surface area (Å²) < 4.78 is 16.3. The fraction of sp³-hybridized carbons (Fsp3) is 0.147. The molecule has 0 aromatic heterocycles. The Kier molecular flexibility index (Phi) is 11.5. The molecule has 0 aliphatic rings. The summed E-state index contributed by atoms with van der Waals surface area (Å²) in [4.78, 5) is 40.1. The molecular formula is C34H32ClN3O6S. The molecule has 0 aliphatic carbocycles. The van der Waals surface area contributed by atoms with E-state index in [0.29, 0.717) is 44.8 Å². The summed E-state index contributed by atoms with van der Waals surface area (Å²) in [6, 6.07) is 24.2. The fourth-order valence-corrected chi connectivity index (χ4v) is 5.12. The number of carbonyl (C=O) groups excluding carboxylic acids is 3. The number of amides is 3. The maximum Gasteiger partial charge on any atom is 0.272 e. The van der Waals surface area contributed by atoms with Crippen LogP contribution in [0.2, 0.25) is 5.02 Å². The Morgan fingerprint density at radius 3 is 2.22 bits per heavy atom. The van der Waals surface area contributed by atoms with Crippen molar-refractivity contribution in [2.24, 2.45) is 0 Å². The number of carbonyl (C=O) groups is 3. The average molecular weight is 646 g/mol. The molecule has 0 heterocycles. The Hall–Kier alpha value is -4.93. The largest absolute Gasteiger partial charge is 0.496 e. The highest BCUT2D eigenvalue weighted by molar-refractivity contribution is 8.00. The van der Waals surface area contributed by atoms with E-state index in [9.17, 15) is 14.4 Å². The number of hydrogen-bond acceptors (Lipinski definition) is 7. The highest BCUT2D eigenvalue weighted by Crippen LogP contribution is 2.35. The summed E-state index contributed by atoms with van der Waals surface area (Å²) in [5, 5.41) is 8.97. The second-order valence-corrected chi connectivity index (χ2v) is 11.1. The lowest BCUT2D eigenvalue weighted by Crippen LogP contribution is -2.30. The molecule has 3 amide bonds. The SMILES string of the molecule is COc1cc(OC)c(OC)cc1/C=C(/NC(=O)c1ccccc1)C(=O)Nc1cccc(SCC(=O)Nc2cc(Cl)ccc2C)c1. The summed E-state index contributed by atoms with van der Waals surface area (Å²) in [6.45, 7) is 1.89. The number of methoxy groups -OCH3 is 3. The van der Waals surface area contributed by atoms with E-state index in [1.54, 1.807) is 72.8 Å². The highest BCUT2D eigenvalue weighted by Gasteiger charge is 2.18. The lowest BCUT2D eigenvalue weighted by Gasteiger charge is -2.15. The molecule has 0 fully saturated rings. The number of benzene rings is 4. The lowest BCUT2D eigenvalue weighted by atomic mass is 10.1. The van der Waals surface area contributed by atoms with E-state index in [1.165, 1.54) is 39.2 Å². The van der Waals surface area contributed by atoms with Crippen LogP contribution in [0, 0.1) is 6.92 Å². The molecule has 11 heteroatoms. The van der Waals surface area contributed by atoms with Crippen LogP contribution in [0.1, 0.15) is 21.5 Å². The van der Waals surface area contributed by atoms with E-state index >= 15 is 0 Å². The molecule has 0 saturated heterocycles. The van der Waals surface area contributed by atoms with Crippen molar-refractivity contribution in [1.29, 1.82) is 0 Å². The van der Waals surface area contributed by atoms with Gasteiger partial charge in [0, 0.05) is 38.5 Å². The molecule has 0 bridgehead atoms. The predicted molar refractivity (Wildman–Crippen MR) is 179 cm³/mol. The predicted octanol–water partition coefficient (Wildman–Crippen LogP) is 6.81. The van der Waals surface area contributed by atoms with Gasteiger partial charge in [0.15, 0.2) is 11.5 Å². The van der Waals surface area contributed by atoms with E-state index < -0.39 is 11.8 Å². The van der Waals surface area contributed by atoms with Gasteiger partial charge in [-0.3, -0.25) is 14.4 Å². The molecular weight excluding hydrogens is 614 g/mol. The normalized spacial score (nSPS) is 10.9. The molecule has 0 spiro atoms. The van der Waals surface area contributed by atoms with Gasteiger partial charge in [-0.05, 0) is 67.1 Å². The van der Waals surface area contributed by atoms with Gasteiger partial charge < -0.3 is 30.2 Å². The molecule has 45 heavy (non-hydrogen) atoms. The molecule has 0 atom stereocenters. The third-order valence-corrected chi connectivity index (χ3v) is 7.73. The number of thioether (sulfide) groups is 1. The molecule has 9 nitrogen and oxygen atoms in total. The van der Waals surface area contributed by atoms with Crippen molar-refractivity contribution in [2.45, 2.75) is 11.8 Å². The van der Waals surface area contributed by atoms with Crippen LogP contribution in [0.25, 0.3) is 6.08 Å². The summed E-state index contributed by atoms with van der Waals surface area (Å²) in [7, 11) is 4.49. The summed E-state index contributed by atoms with van der Waals surface area (Å²) in [6.07, 6.45) is 1.50. The lowest BCUT2D eigenvalue weighted by molar-refractivity contribution is -0.114. The molecule has 4 aromatic carbocycles. The average Bonchev–Trinajstić information content (AvgIpc) is 3.05. The van der Waals surface area contributed by atoms with Gasteiger partial charge in [-0.25, -0.2) is 0 Å². The van der Waals surface area contributed by atoms with Gasteiger partial charge in [0.05, 0.1) is 27.1 Å². The molecule has 3 N–H and O–H groups in total. The van der Waals surface area contributed by atoms with Crippen LogP contribution in [0.4, 0.5) is 11.4 Å². The molecule has 0 saturated carbocycles. The van der Waals surface area contributed by atoms with Crippen LogP contribution < -0.4 is 30.2 Å². The highest BCUT2D eigenvalue weighted by atomic mass is 35.5. The van der Waals surface area contributed by atoms with Crippen molar-refractivity contribution in [1.82, 2.24) is 5.32 Å². The van der Waals surface area contributed by atoms with Crippen molar-refractivity contribution >= 4 is 58.5 Å². The van der Waals surface area contributed by atoms with Crippen molar-refractivity contribution < 1.29 is 28.6 Å². The van der Waals surface area contributed by atoms with Gasteiger partial charge in [0.25, 0.3) is 11.8 Å². The van der Waals surface area contributed by atoms with Gasteiger partial charge in [-0.15, -0.1) is 11.8 Å². The summed E-state index contributed by atoms with van der Waals surface area (Å²) >= 11 is 7.37. The summed E-state index contributed by atoms with van der Waals surface area (Å²) in [5.74, 6) is 0.151. The van der Waals surface area contributed by atoms with Crippen molar-refractivity contribution in [3.05, 3.63) is 112 Å². The van der Waals surface area contributed by atoms with E-state index in [0.717, 1.165) is 10.5 Å². The van der Waals surface area contributed by atoms with Crippen LogP contribution in [0.15, 0.2) is 95.5 Å². The van der Waals surface area contributed by atoms with Gasteiger partial charge in [-0.2, -0.15) is 0 Å². The first-order valence-electron chi connectivity index (χ1n) is 13.7. The first-order chi connectivity index (χ1) is 21.7. The molecule has 4 rings (SSSR count). The number of nitrogens with one attached hydrogen (secondary N) is 3. The second kappa shape index (κ2) is 15.7. The van der Waals surface area contributed by atoms with Gasteiger partial charge >= 0.3 is 0 Å². The Balaban J connectivity index is 1.55. The van der Waals surface area contributed by atoms with Crippen molar-refractivity contribution in [3.8, 4) is 17.2 Å². The summed E-state index contributed by atoms with van der Waals surface area (Å²) in [5.41, 5.74) is 2.83. The van der Waals surface area contributed by atoms with Gasteiger partial charge in [-0.1, -0.05) is 41.9 Å². The number of hydrogen-bond donors (Lipinski definition) is 3. The van der Waals surface area contributed by atoms with Crippen LogP contribution in [-0.2, 0) is 9.59 Å².